The van der Waals surface area contributed by atoms with Crippen LogP contribution >= 0.6 is 0 Å². The molecule has 1 heterocycles. The van der Waals surface area contributed by atoms with Gasteiger partial charge >= 0.3 is 0 Å². The Labute approximate surface area is 92.1 Å². The van der Waals surface area contributed by atoms with Gasteiger partial charge in [-0.2, -0.15) is 0 Å². The third kappa shape index (κ3) is 2.32. The Bertz CT molecular complexity index is 334. The molecule has 15 heavy (non-hydrogen) atoms. The molecule has 2 N–H and O–H groups in total. The molecule has 0 aromatic rings. The van der Waals surface area contributed by atoms with Gasteiger partial charge in [0.2, 0.25) is 0 Å². The maximum atomic E-state index is 5.86. The van der Waals surface area contributed by atoms with Crippen LogP contribution in [-0.2, 0) is 0 Å². The highest BCUT2D eigenvalue weighted by molar-refractivity contribution is 5.41. The number of likely N-dealkylation sites (tertiary alicyclic amines) is 1. The standard InChI is InChI=1S/C13H20N2/c1-10-4-3-5-12-6-7-15(9-11(2)14)13(12)8-10/h4-5,8,11H,3,6-7,9,14H2,1-2H3. The van der Waals surface area contributed by atoms with Crippen molar-refractivity contribution in [2.45, 2.75) is 32.7 Å². The lowest BCUT2D eigenvalue weighted by atomic mass is 10.1. The molecule has 0 aromatic carbocycles. The Morgan fingerprint density at radius 3 is 3.00 bits per heavy atom. The van der Waals surface area contributed by atoms with Gasteiger partial charge in [-0.1, -0.05) is 17.7 Å². The normalized spacial score (nSPS) is 22.6. The summed E-state index contributed by atoms with van der Waals surface area (Å²) in [7, 11) is 0. The zero-order valence-electron chi connectivity index (χ0n) is 9.66. The van der Waals surface area contributed by atoms with Crippen molar-refractivity contribution in [1.29, 1.82) is 0 Å². The van der Waals surface area contributed by atoms with E-state index in [1.165, 1.54) is 23.3 Å². The molecule has 0 saturated carbocycles. The second-order valence-corrected chi connectivity index (χ2v) is 4.62. The van der Waals surface area contributed by atoms with Crippen molar-refractivity contribution in [3.05, 3.63) is 35.1 Å². The fraction of sp³-hybridized carbons (Fsp3) is 0.538. The molecule has 1 aliphatic heterocycles. The summed E-state index contributed by atoms with van der Waals surface area (Å²) in [5.41, 5.74) is 10.1. The summed E-state index contributed by atoms with van der Waals surface area (Å²) in [4.78, 5) is 2.42. The molecule has 1 unspecified atom stereocenters. The second-order valence-electron chi connectivity index (χ2n) is 4.62. The van der Waals surface area contributed by atoms with Gasteiger partial charge in [0.15, 0.2) is 0 Å². The summed E-state index contributed by atoms with van der Waals surface area (Å²) in [5.74, 6) is 0. The fourth-order valence-electron chi connectivity index (χ4n) is 2.30. The van der Waals surface area contributed by atoms with E-state index in [2.05, 4.69) is 37.0 Å². The molecule has 0 aromatic heterocycles. The van der Waals surface area contributed by atoms with Crippen LogP contribution < -0.4 is 5.73 Å². The average Bonchev–Trinajstić information content (AvgIpc) is 2.43. The summed E-state index contributed by atoms with van der Waals surface area (Å²) in [6.45, 7) is 6.34. The summed E-state index contributed by atoms with van der Waals surface area (Å²) >= 11 is 0. The van der Waals surface area contributed by atoms with Crippen LogP contribution in [-0.4, -0.2) is 24.0 Å². The molecule has 2 rings (SSSR count). The highest BCUT2D eigenvalue weighted by Crippen LogP contribution is 2.30. The minimum absolute atomic E-state index is 0.248. The number of nitrogens with zero attached hydrogens (tertiary/aromatic N) is 1. The van der Waals surface area contributed by atoms with Crippen molar-refractivity contribution in [2.75, 3.05) is 13.1 Å². The number of hydrogen-bond acceptors (Lipinski definition) is 2. The Hall–Kier alpha value is -1.02. The van der Waals surface area contributed by atoms with Crippen LogP contribution in [0.3, 0.4) is 0 Å². The number of allylic oxidation sites excluding steroid dienone is 5. The summed E-state index contributed by atoms with van der Waals surface area (Å²) in [5, 5.41) is 0. The highest BCUT2D eigenvalue weighted by Gasteiger charge is 2.22. The molecule has 2 heteroatoms. The largest absolute Gasteiger partial charge is 0.369 e. The third-order valence-corrected chi connectivity index (χ3v) is 3.00. The maximum Gasteiger partial charge on any atom is 0.0399 e. The Morgan fingerprint density at radius 2 is 2.27 bits per heavy atom. The average molecular weight is 204 g/mol. The topological polar surface area (TPSA) is 29.3 Å². The van der Waals surface area contributed by atoms with Crippen LogP contribution in [0, 0.1) is 0 Å². The highest BCUT2D eigenvalue weighted by atomic mass is 15.2. The summed E-state index contributed by atoms with van der Waals surface area (Å²) < 4.78 is 0. The van der Waals surface area contributed by atoms with Crippen molar-refractivity contribution in [1.82, 2.24) is 4.90 Å². The predicted octanol–water partition coefficient (Wildman–Crippen LogP) is 2.20. The van der Waals surface area contributed by atoms with Gasteiger partial charge in [0.05, 0.1) is 0 Å². The van der Waals surface area contributed by atoms with Gasteiger partial charge in [0, 0.05) is 24.8 Å². The minimum atomic E-state index is 0.248. The Kier molecular flexibility index (Phi) is 2.96. The van der Waals surface area contributed by atoms with Gasteiger partial charge in [0.25, 0.3) is 0 Å². The van der Waals surface area contributed by atoms with Gasteiger partial charge in [-0.25, -0.2) is 0 Å². The van der Waals surface area contributed by atoms with Crippen LogP contribution in [0.15, 0.2) is 35.1 Å². The molecule has 82 valence electrons. The number of fused-ring (bicyclic) bond motifs is 1. The van der Waals surface area contributed by atoms with E-state index in [0.29, 0.717) is 0 Å². The first-order valence-corrected chi connectivity index (χ1v) is 5.75. The lowest BCUT2D eigenvalue weighted by molar-refractivity contribution is 0.370. The quantitative estimate of drug-likeness (QED) is 0.747. The van der Waals surface area contributed by atoms with Gasteiger partial charge in [-0.05, 0) is 38.3 Å². The molecular formula is C13H20N2. The SMILES string of the molecule is CC1=CCC=C2CCN(CC(C)N)C2=C1. The molecule has 1 atom stereocenters. The van der Waals surface area contributed by atoms with E-state index in [-0.39, 0.29) is 6.04 Å². The van der Waals surface area contributed by atoms with E-state index in [9.17, 15) is 0 Å². The first kappa shape index (κ1) is 10.5. The van der Waals surface area contributed by atoms with E-state index in [0.717, 1.165) is 19.5 Å². The van der Waals surface area contributed by atoms with Crippen LogP contribution in [0.5, 0.6) is 0 Å². The fourth-order valence-corrected chi connectivity index (χ4v) is 2.30. The van der Waals surface area contributed by atoms with Gasteiger partial charge in [-0.3, -0.25) is 0 Å². The van der Waals surface area contributed by atoms with Crippen LogP contribution in [0.4, 0.5) is 0 Å². The van der Waals surface area contributed by atoms with Crippen molar-refractivity contribution in [3.63, 3.8) is 0 Å². The van der Waals surface area contributed by atoms with E-state index in [1.807, 2.05) is 0 Å². The van der Waals surface area contributed by atoms with Crippen LogP contribution in [0.25, 0.3) is 0 Å². The molecule has 1 aliphatic carbocycles. The lowest BCUT2D eigenvalue weighted by Gasteiger charge is -2.22. The summed E-state index contributed by atoms with van der Waals surface area (Å²) in [6.07, 6.45) is 9.19. The second kappa shape index (κ2) is 4.23. The third-order valence-electron chi connectivity index (χ3n) is 3.00. The molecular weight excluding hydrogens is 184 g/mol. The van der Waals surface area contributed by atoms with Crippen molar-refractivity contribution in [3.8, 4) is 0 Å². The van der Waals surface area contributed by atoms with Crippen LogP contribution in [0.2, 0.25) is 0 Å². The van der Waals surface area contributed by atoms with Crippen molar-refractivity contribution >= 4 is 0 Å². The smallest absolute Gasteiger partial charge is 0.0399 e. The number of hydrogen-bond donors (Lipinski definition) is 1. The van der Waals surface area contributed by atoms with Gasteiger partial charge in [-0.15, -0.1) is 0 Å². The molecule has 0 spiro atoms. The number of nitrogens with two attached hydrogens (primary N) is 1. The summed E-state index contributed by atoms with van der Waals surface area (Å²) in [6, 6.07) is 0.248. The minimum Gasteiger partial charge on any atom is -0.369 e. The van der Waals surface area contributed by atoms with Gasteiger partial charge in [0.1, 0.15) is 0 Å². The van der Waals surface area contributed by atoms with E-state index in [1.54, 1.807) is 0 Å². The monoisotopic (exact) mass is 204 g/mol. The zero-order chi connectivity index (χ0) is 10.8. The zero-order valence-corrected chi connectivity index (χ0v) is 9.66. The van der Waals surface area contributed by atoms with E-state index < -0.39 is 0 Å². The van der Waals surface area contributed by atoms with Crippen LogP contribution in [0.1, 0.15) is 26.7 Å². The molecule has 0 amide bonds. The van der Waals surface area contributed by atoms with Crippen molar-refractivity contribution < 1.29 is 0 Å². The molecule has 2 aliphatic rings. The molecule has 2 nitrogen and oxygen atoms in total. The lowest BCUT2D eigenvalue weighted by Crippen LogP contribution is -2.32. The van der Waals surface area contributed by atoms with E-state index in [4.69, 9.17) is 5.73 Å². The van der Waals surface area contributed by atoms with E-state index >= 15 is 0 Å². The molecule has 0 bridgehead atoms. The maximum absolute atomic E-state index is 5.86. The first-order valence-electron chi connectivity index (χ1n) is 5.75. The molecule has 0 radical (unpaired) electrons. The molecule has 1 saturated heterocycles. The molecule has 1 fully saturated rings. The number of rotatable bonds is 2. The van der Waals surface area contributed by atoms with Crippen molar-refractivity contribution in [2.24, 2.45) is 5.73 Å². The van der Waals surface area contributed by atoms with Gasteiger partial charge < -0.3 is 10.6 Å². The predicted molar refractivity (Wildman–Crippen MR) is 64.4 cm³/mol. The Morgan fingerprint density at radius 1 is 1.47 bits per heavy atom. The first-order chi connectivity index (χ1) is 7.16. The Balaban J connectivity index is 2.21.